The van der Waals surface area contributed by atoms with Gasteiger partial charge in [0.05, 0.1) is 6.54 Å². The molecule has 2 aliphatic heterocycles. The standard InChI is InChI=1S/C19H24N6O2/c26-17(6-9-25-15-20-21-22-25)23-10-7-19(8-11-23)12-18(27)24(14-19)13-16-4-2-1-3-5-16/h1-5,15H,6-14H2. The first-order chi connectivity index (χ1) is 13.1. The molecule has 2 fully saturated rings. The van der Waals surface area contributed by atoms with Crippen molar-refractivity contribution in [1.82, 2.24) is 30.0 Å². The number of hydrogen-bond acceptors (Lipinski definition) is 5. The van der Waals surface area contributed by atoms with Crippen LogP contribution in [0.25, 0.3) is 0 Å². The van der Waals surface area contributed by atoms with Gasteiger partial charge in [0.15, 0.2) is 0 Å². The minimum Gasteiger partial charge on any atom is -0.343 e. The minimum absolute atomic E-state index is 0.0263. The number of hydrogen-bond donors (Lipinski definition) is 0. The number of carbonyl (C=O) groups is 2. The molecule has 2 aliphatic rings. The Morgan fingerprint density at radius 2 is 1.93 bits per heavy atom. The van der Waals surface area contributed by atoms with Crippen LogP contribution in [0.15, 0.2) is 36.7 Å². The van der Waals surface area contributed by atoms with Crippen LogP contribution < -0.4 is 0 Å². The van der Waals surface area contributed by atoms with Crippen molar-refractivity contribution >= 4 is 11.8 Å². The van der Waals surface area contributed by atoms with Gasteiger partial charge in [0, 0.05) is 44.4 Å². The lowest BCUT2D eigenvalue weighted by molar-refractivity contribution is -0.133. The quantitative estimate of drug-likeness (QED) is 0.789. The number of amides is 2. The summed E-state index contributed by atoms with van der Waals surface area (Å²) in [6, 6.07) is 10.1. The van der Waals surface area contributed by atoms with Gasteiger partial charge in [-0.05, 0) is 28.8 Å². The maximum absolute atomic E-state index is 12.5. The van der Waals surface area contributed by atoms with Crippen molar-refractivity contribution in [2.75, 3.05) is 19.6 Å². The second-order valence-corrected chi connectivity index (χ2v) is 7.62. The van der Waals surface area contributed by atoms with Gasteiger partial charge in [-0.1, -0.05) is 30.3 Å². The van der Waals surface area contributed by atoms with Crippen molar-refractivity contribution in [1.29, 1.82) is 0 Å². The van der Waals surface area contributed by atoms with Crippen LogP contribution in [-0.4, -0.2) is 61.5 Å². The molecule has 0 radical (unpaired) electrons. The number of piperidine rings is 1. The van der Waals surface area contributed by atoms with E-state index in [1.807, 2.05) is 28.0 Å². The van der Waals surface area contributed by atoms with Crippen LogP contribution in [-0.2, 0) is 22.7 Å². The van der Waals surface area contributed by atoms with Gasteiger partial charge in [-0.3, -0.25) is 9.59 Å². The number of benzene rings is 1. The largest absolute Gasteiger partial charge is 0.343 e. The molecule has 2 saturated heterocycles. The third-order valence-corrected chi connectivity index (χ3v) is 5.74. The number of nitrogens with zero attached hydrogens (tertiary/aromatic N) is 6. The molecule has 0 unspecified atom stereocenters. The number of aryl methyl sites for hydroxylation is 1. The van der Waals surface area contributed by atoms with Gasteiger partial charge in [-0.15, -0.1) is 5.10 Å². The number of tetrazole rings is 1. The van der Waals surface area contributed by atoms with E-state index in [0.29, 0.717) is 25.9 Å². The van der Waals surface area contributed by atoms with Gasteiger partial charge in [0.25, 0.3) is 0 Å². The number of likely N-dealkylation sites (tertiary alicyclic amines) is 2. The van der Waals surface area contributed by atoms with Gasteiger partial charge < -0.3 is 9.80 Å². The van der Waals surface area contributed by atoms with Gasteiger partial charge in [0.1, 0.15) is 6.33 Å². The molecule has 1 aromatic heterocycles. The topological polar surface area (TPSA) is 84.2 Å². The van der Waals surface area contributed by atoms with Crippen molar-refractivity contribution in [3.63, 3.8) is 0 Å². The van der Waals surface area contributed by atoms with Crippen molar-refractivity contribution < 1.29 is 9.59 Å². The minimum atomic E-state index is 0.0263. The zero-order valence-corrected chi connectivity index (χ0v) is 15.3. The fourth-order valence-electron chi connectivity index (χ4n) is 4.15. The monoisotopic (exact) mass is 368 g/mol. The summed E-state index contributed by atoms with van der Waals surface area (Å²) in [6.45, 7) is 3.42. The molecule has 0 aliphatic carbocycles. The van der Waals surface area contributed by atoms with Crippen molar-refractivity contribution in [3.05, 3.63) is 42.2 Å². The zero-order chi connectivity index (χ0) is 18.7. The van der Waals surface area contributed by atoms with E-state index in [-0.39, 0.29) is 17.2 Å². The highest BCUT2D eigenvalue weighted by atomic mass is 16.2. The van der Waals surface area contributed by atoms with Crippen molar-refractivity contribution in [2.24, 2.45) is 5.41 Å². The second-order valence-electron chi connectivity index (χ2n) is 7.62. The summed E-state index contributed by atoms with van der Waals surface area (Å²) in [5, 5.41) is 10.9. The molecule has 27 heavy (non-hydrogen) atoms. The number of rotatable bonds is 5. The normalized spacial score (nSPS) is 19.0. The molecule has 3 heterocycles. The van der Waals surface area contributed by atoms with E-state index in [9.17, 15) is 9.59 Å². The van der Waals surface area contributed by atoms with E-state index in [0.717, 1.165) is 38.0 Å². The Balaban J connectivity index is 1.29. The molecular formula is C19H24N6O2. The number of carbonyl (C=O) groups excluding carboxylic acids is 2. The van der Waals surface area contributed by atoms with Crippen LogP contribution in [0.5, 0.6) is 0 Å². The first-order valence-corrected chi connectivity index (χ1v) is 9.44. The molecule has 0 saturated carbocycles. The van der Waals surface area contributed by atoms with Crippen LogP contribution in [0.4, 0.5) is 0 Å². The lowest BCUT2D eigenvalue weighted by Gasteiger charge is -2.38. The molecule has 1 aromatic carbocycles. The van der Waals surface area contributed by atoms with E-state index in [4.69, 9.17) is 0 Å². The summed E-state index contributed by atoms with van der Waals surface area (Å²) in [7, 11) is 0. The highest BCUT2D eigenvalue weighted by Gasteiger charge is 2.45. The molecule has 8 heteroatoms. The first-order valence-electron chi connectivity index (χ1n) is 9.44. The Labute approximate surface area is 158 Å². The summed E-state index contributed by atoms with van der Waals surface area (Å²) in [6.07, 6.45) is 4.30. The summed E-state index contributed by atoms with van der Waals surface area (Å²) in [4.78, 5) is 28.9. The maximum Gasteiger partial charge on any atom is 0.224 e. The molecule has 0 N–H and O–H groups in total. The van der Waals surface area contributed by atoms with E-state index in [1.54, 1.807) is 4.68 Å². The summed E-state index contributed by atoms with van der Waals surface area (Å²) in [5.74, 6) is 0.364. The Hall–Kier alpha value is -2.77. The Morgan fingerprint density at radius 3 is 2.63 bits per heavy atom. The molecule has 0 atom stereocenters. The SMILES string of the molecule is O=C(CCn1cnnn1)N1CCC2(CC1)CC(=O)N(Cc1ccccc1)C2. The fraction of sp³-hybridized carbons (Fsp3) is 0.526. The fourth-order valence-corrected chi connectivity index (χ4v) is 4.15. The van der Waals surface area contributed by atoms with Gasteiger partial charge in [0.2, 0.25) is 11.8 Å². The number of aromatic nitrogens is 4. The highest BCUT2D eigenvalue weighted by Crippen LogP contribution is 2.41. The van der Waals surface area contributed by atoms with Crippen LogP contribution in [0.2, 0.25) is 0 Å². The van der Waals surface area contributed by atoms with E-state index in [2.05, 4.69) is 27.7 Å². The summed E-state index contributed by atoms with van der Waals surface area (Å²) < 4.78 is 1.57. The molecule has 1 spiro atoms. The van der Waals surface area contributed by atoms with E-state index >= 15 is 0 Å². The second kappa shape index (κ2) is 7.46. The summed E-state index contributed by atoms with van der Waals surface area (Å²) in [5.41, 5.74) is 1.19. The predicted molar refractivity (Wildman–Crippen MR) is 97.2 cm³/mol. The van der Waals surface area contributed by atoms with Crippen LogP contribution >= 0.6 is 0 Å². The Bertz CT molecular complexity index is 784. The smallest absolute Gasteiger partial charge is 0.224 e. The molecule has 0 bridgehead atoms. The predicted octanol–water partition coefficient (Wildman–Crippen LogP) is 1.10. The van der Waals surface area contributed by atoms with Crippen LogP contribution in [0.3, 0.4) is 0 Å². The van der Waals surface area contributed by atoms with Crippen molar-refractivity contribution in [3.8, 4) is 0 Å². The van der Waals surface area contributed by atoms with E-state index < -0.39 is 0 Å². The third kappa shape index (κ3) is 3.99. The molecule has 8 nitrogen and oxygen atoms in total. The Kier molecular flexibility index (Phi) is 4.87. The van der Waals surface area contributed by atoms with Gasteiger partial charge in [-0.2, -0.15) is 0 Å². The lowest BCUT2D eigenvalue weighted by atomic mass is 9.77. The van der Waals surface area contributed by atoms with Crippen molar-refractivity contribution in [2.45, 2.75) is 38.8 Å². The lowest BCUT2D eigenvalue weighted by Crippen LogP contribution is -2.44. The van der Waals surface area contributed by atoms with Crippen LogP contribution in [0, 0.1) is 5.41 Å². The highest BCUT2D eigenvalue weighted by molar-refractivity contribution is 5.80. The Morgan fingerprint density at radius 1 is 1.15 bits per heavy atom. The molecule has 2 aromatic rings. The van der Waals surface area contributed by atoms with E-state index in [1.165, 1.54) is 6.33 Å². The van der Waals surface area contributed by atoms with Gasteiger partial charge >= 0.3 is 0 Å². The third-order valence-electron chi connectivity index (χ3n) is 5.74. The zero-order valence-electron chi connectivity index (χ0n) is 15.3. The average molecular weight is 368 g/mol. The van der Waals surface area contributed by atoms with Gasteiger partial charge in [-0.25, -0.2) is 4.68 Å². The molecular weight excluding hydrogens is 344 g/mol. The molecule has 4 rings (SSSR count). The maximum atomic E-state index is 12.5. The molecule has 142 valence electrons. The first kappa shape index (κ1) is 17.6. The van der Waals surface area contributed by atoms with Crippen LogP contribution in [0.1, 0.15) is 31.2 Å². The molecule has 2 amide bonds. The summed E-state index contributed by atoms with van der Waals surface area (Å²) >= 11 is 0. The average Bonchev–Trinajstić information content (AvgIpc) is 3.30.